The second-order valence-electron chi connectivity index (χ2n) is 5.77. The molecule has 112 valence electrons. The van der Waals surface area contributed by atoms with Crippen molar-refractivity contribution in [2.45, 2.75) is 45.2 Å². The van der Waals surface area contributed by atoms with Gasteiger partial charge in [-0.05, 0) is 43.4 Å². The Hall–Kier alpha value is -1.75. The van der Waals surface area contributed by atoms with Gasteiger partial charge in [-0.2, -0.15) is 0 Å². The monoisotopic (exact) mass is 289 g/mol. The van der Waals surface area contributed by atoms with Crippen LogP contribution in [-0.2, 0) is 0 Å². The van der Waals surface area contributed by atoms with Crippen LogP contribution in [0.2, 0.25) is 0 Å². The Bertz CT molecular complexity index is 592. The van der Waals surface area contributed by atoms with Gasteiger partial charge in [0.1, 0.15) is 5.82 Å². The lowest BCUT2D eigenvalue weighted by Gasteiger charge is -2.36. The van der Waals surface area contributed by atoms with E-state index in [1.54, 1.807) is 6.92 Å². The predicted octanol–water partition coefficient (Wildman–Crippen LogP) is 3.71. The molecule has 0 amide bonds. The molecule has 0 unspecified atom stereocenters. The summed E-state index contributed by atoms with van der Waals surface area (Å²) >= 11 is 0. The van der Waals surface area contributed by atoms with E-state index in [4.69, 9.17) is 4.42 Å². The highest BCUT2D eigenvalue weighted by molar-refractivity contribution is 5.21. The number of nitrogens with one attached hydrogen (secondary N) is 1. The van der Waals surface area contributed by atoms with E-state index in [1.165, 1.54) is 31.4 Å². The molecule has 1 heterocycles. The molecule has 1 N–H and O–H groups in total. The highest BCUT2D eigenvalue weighted by Crippen LogP contribution is 2.39. The third-order valence-corrected chi connectivity index (χ3v) is 4.19. The van der Waals surface area contributed by atoms with Gasteiger partial charge in [0.15, 0.2) is 0 Å². The molecular weight excluding hydrogens is 269 g/mol. The molecule has 1 aromatic heterocycles. The fourth-order valence-corrected chi connectivity index (χ4v) is 2.78. The smallest absolute Gasteiger partial charge is 0.233 e. The lowest BCUT2D eigenvalue weighted by atomic mass is 9.77. The van der Waals surface area contributed by atoms with Crippen LogP contribution in [0.5, 0.6) is 0 Å². The van der Waals surface area contributed by atoms with E-state index in [2.05, 4.69) is 15.5 Å². The van der Waals surface area contributed by atoms with Crippen molar-refractivity contribution >= 4 is 0 Å². The molecule has 1 aromatic carbocycles. The highest BCUT2D eigenvalue weighted by Gasteiger charge is 2.30. The molecule has 1 saturated carbocycles. The maximum absolute atomic E-state index is 13.1. The molecule has 0 spiro atoms. The zero-order valence-electron chi connectivity index (χ0n) is 12.3. The average Bonchev–Trinajstić information content (AvgIpc) is 2.83. The summed E-state index contributed by atoms with van der Waals surface area (Å²) in [5.41, 5.74) is 1.11. The van der Waals surface area contributed by atoms with Crippen molar-refractivity contribution in [2.24, 2.45) is 5.92 Å². The molecule has 0 bridgehead atoms. The average molecular weight is 289 g/mol. The Morgan fingerprint density at radius 1 is 1.24 bits per heavy atom. The van der Waals surface area contributed by atoms with E-state index >= 15 is 0 Å². The molecule has 0 aliphatic heterocycles. The van der Waals surface area contributed by atoms with Gasteiger partial charge in [0.05, 0.1) is 6.04 Å². The minimum Gasteiger partial charge on any atom is -0.424 e. The first-order valence-electron chi connectivity index (χ1n) is 7.45. The molecule has 5 heteroatoms. The first-order valence-corrected chi connectivity index (χ1v) is 7.45. The zero-order valence-corrected chi connectivity index (χ0v) is 12.3. The number of benzene rings is 1. The van der Waals surface area contributed by atoms with E-state index < -0.39 is 0 Å². The molecule has 3 rings (SSSR count). The van der Waals surface area contributed by atoms with E-state index in [9.17, 15) is 4.39 Å². The van der Waals surface area contributed by atoms with Crippen LogP contribution in [0, 0.1) is 18.7 Å². The van der Waals surface area contributed by atoms with Crippen LogP contribution in [0.3, 0.4) is 0 Å². The van der Waals surface area contributed by atoms with Gasteiger partial charge in [-0.1, -0.05) is 18.6 Å². The third kappa shape index (κ3) is 3.13. The van der Waals surface area contributed by atoms with Crippen LogP contribution in [0.15, 0.2) is 28.7 Å². The van der Waals surface area contributed by atoms with Crippen LogP contribution in [0.1, 0.15) is 55.6 Å². The molecule has 21 heavy (non-hydrogen) atoms. The van der Waals surface area contributed by atoms with Gasteiger partial charge in [-0.3, -0.25) is 5.32 Å². The summed E-state index contributed by atoms with van der Waals surface area (Å²) in [6.07, 6.45) is 3.66. The molecular formula is C16H20FN3O. The normalized spacial score (nSPS) is 18.2. The lowest BCUT2D eigenvalue weighted by Crippen LogP contribution is -2.34. The summed E-state index contributed by atoms with van der Waals surface area (Å²) in [5.74, 6) is 1.55. The molecule has 1 fully saturated rings. The van der Waals surface area contributed by atoms with Crippen molar-refractivity contribution < 1.29 is 8.81 Å². The third-order valence-electron chi connectivity index (χ3n) is 4.19. The SMILES string of the molecule is Cc1nnc([C@H](C)N[C@@H](c2ccc(F)cc2)C2CCC2)o1. The fraction of sp³-hybridized carbons (Fsp3) is 0.500. The minimum atomic E-state index is -0.202. The van der Waals surface area contributed by atoms with Crippen LogP contribution < -0.4 is 5.32 Å². The van der Waals surface area contributed by atoms with Crippen LogP contribution in [-0.4, -0.2) is 10.2 Å². The topological polar surface area (TPSA) is 51.0 Å². The van der Waals surface area contributed by atoms with Crippen LogP contribution in [0.4, 0.5) is 4.39 Å². The van der Waals surface area contributed by atoms with Crippen molar-refractivity contribution in [3.63, 3.8) is 0 Å². The maximum Gasteiger partial charge on any atom is 0.233 e. The van der Waals surface area contributed by atoms with Gasteiger partial charge in [0.2, 0.25) is 11.8 Å². The lowest BCUT2D eigenvalue weighted by molar-refractivity contribution is 0.211. The summed E-state index contributed by atoms with van der Waals surface area (Å²) in [6.45, 7) is 3.80. The van der Waals surface area contributed by atoms with Crippen molar-refractivity contribution in [1.82, 2.24) is 15.5 Å². The zero-order chi connectivity index (χ0) is 14.8. The molecule has 0 saturated heterocycles. The second kappa shape index (κ2) is 5.93. The van der Waals surface area contributed by atoms with E-state index in [1.807, 2.05) is 19.1 Å². The van der Waals surface area contributed by atoms with Crippen molar-refractivity contribution in [3.8, 4) is 0 Å². The van der Waals surface area contributed by atoms with Gasteiger partial charge >= 0.3 is 0 Å². The number of halogens is 1. The molecule has 2 atom stereocenters. The standard InChI is InChI=1S/C16H20FN3O/c1-10(16-20-19-11(2)21-16)18-15(12-4-3-5-12)13-6-8-14(17)9-7-13/h6-10,12,15,18H,3-5H2,1-2H3/t10-,15+/m0/s1. The first kappa shape index (κ1) is 14.2. The Labute approximate surface area is 123 Å². The second-order valence-corrected chi connectivity index (χ2v) is 5.77. The Balaban J connectivity index is 1.77. The summed E-state index contributed by atoms with van der Waals surface area (Å²) in [5, 5.41) is 11.5. The Morgan fingerprint density at radius 2 is 1.95 bits per heavy atom. The molecule has 4 nitrogen and oxygen atoms in total. The summed E-state index contributed by atoms with van der Waals surface area (Å²) in [7, 11) is 0. The summed E-state index contributed by atoms with van der Waals surface area (Å²) in [4.78, 5) is 0. The number of hydrogen-bond donors (Lipinski definition) is 1. The quantitative estimate of drug-likeness (QED) is 0.911. The summed E-state index contributed by atoms with van der Waals surface area (Å²) in [6, 6.07) is 6.92. The predicted molar refractivity (Wildman–Crippen MR) is 77.1 cm³/mol. The van der Waals surface area contributed by atoms with Crippen LogP contribution in [0.25, 0.3) is 0 Å². The minimum absolute atomic E-state index is 0.0261. The Morgan fingerprint density at radius 3 is 2.48 bits per heavy atom. The Kier molecular flexibility index (Phi) is 4.01. The largest absolute Gasteiger partial charge is 0.424 e. The number of rotatable bonds is 5. The van der Waals surface area contributed by atoms with Gasteiger partial charge in [0, 0.05) is 13.0 Å². The van der Waals surface area contributed by atoms with Gasteiger partial charge < -0.3 is 4.42 Å². The maximum atomic E-state index is 13.1. The molecule has 1 aliphatic rings. The summed E-state index contributed by atoms with van der Waals surface area (Å²) < 4.78 is 18.6. The number of aryl methyl sites for hydroxylation is 1. The first-order chi connectivity index (χ1) is 10.1. The van der Waals surface area contributed by atoms with Crippen molar-refractivity contribution in [3.05, 3.63) is 47.4 Å². The van der Waals surface area contributed by atoms with Gasteiger partial charge in [-0.25, -0.2) is 4.39 Å². The van der Waals surface area contributed by atoms with Gasteiger partial charge in [-0.15, -0.1) is 10.2 Å². The molecule has 1 aliphatic carbocycles. The van der Waals surface area contributed by atoms with Crippen molar-refractivity contribution in [2.75, 3.05) is 0 Å². The van der Waals surface area contributed by atoms with E-state index in [-0.39, 0.29) is 17.9 Å². The van der Waals surface area contributed by atoms with Crippen LogP contribution >= 0.6 is 0 Å². The highest BCUT2D eigenvalue weighted by atomic mass is 19.1. The van der Waals surface area contributed by atoms with Crippen molar-refractivity contribution in [1.29, 1.82) is 0 Å². The number of aromatic nitrogens is 2. The number of hydrogen-bond acceptors (Lipinski definition) is 4. The fourth-order valence-electron chi connectivity index (χ4n) is 2.78. The van der Waals surface area contributed by atoms with E-state index in [0.29, 0.717) is 17.7 Å². The number of nitrogens with zero attached hydrogens (tertiary/aromatic N) is 2. The molecule has 0 radical (unpaired) electrons. The van der Waals surface area contributed by atoms with Gasteiger partial charge in [0.25, 0.3) is 0 Å². The molecule has 2 aromatic rings. The van der Waals surface area contributed by atoms with E-state index in [0.717, 1.165) is 5.56 Å².